The number of nitrogens with two attached hydrogens (primary N) is 1. The van der Waals surface area contributed by atoms with Gasteiger partial charge >= 0.3 is 12.6 Å². The first kappa shape index (κ1) is 26.1. The molecule has 1 aliphatic heterocycles. The van der Waals surface area contributed by atoms with Crippen molar-refractivity contribution in [3.05, 3.63) is 42.1 Å². The number of pyridine rings is 1. The monoisotopic (exact) mass is 518 g/mol. The van der Waals surface area contributed by atoms with Gasteiger partial charge in [-0.1, -0.05) is 6.07 Å². The maximum Gasteiger partial charge on any atom is 0.387 e. The number of piperazine rings is 1. The largest absolute Gasteiger partial charge is 0.489 e. The summed E-state index contributed by atoms with van der Waals surface area (Å²) in [5.41, 5.74) is 4.35. The van der Waals surface area contributed by atoms with E-state index >= 15 is 0 Å². The van der Waals surface area contributed by atoms with Gasteiger partial charge in [0, 0.05) is 37.8 Å². The Balaban J connectivity index is 1.58. The van der Waals surface area contributed by atoms with Crippen molar-refractivity contribution in [1.29, 1.82) is 0 Å². The fraction of sp³-hybridized carbons (Fsp3) is 0.440. The molecule has 1 saturated carbocycles. The van der Waals surface area contributed by atoms with Gasteiger partial charge in [0.1, 0.15) is 5.69 Å². The van der Waals surface area contributed by atoms with Crippen LogP contribution in [0.3, 0.4) is 0 Å². The molecule has 4 rings (SSSR count). The minimum atomic E-state index is -3.01. The van der Waals surface area contributed by atoms with E-state index in [1.807, 2.05) is 4.90 Å². The highest BCUT2D eigenvalue weighted by molar-refractivity contribution is 5.91. The second-order valence-electron chi connectivity index (χ2n) is 9.24. The summed E-state index contributed by atoms with van der Waals surface area (Å²) in [5, 5.41) is 0. The van der Waals surface area contributed by atoms with Gasteiger partial charge in [-0.2, -0.15) is 8.78 Å². The lowest BCUT2D eigenvalue weighted by Gasteiger charge is -2.47. The van der Waals surface area contributed by atoms with Gasteiger partial charge in [0.25, 0.3) is 5.91 Å². The van der Waals surface area contributed by atoms with E-state index < -0.39 is 24.0 Å². The number of alkyl halides is 2. The zero-order chi connectivity index (χ0) is 26.7. The second kappa shape index (κ2) is 10.6. The lowest BCUT2D eigenvalue weighted by molar-refractivity contribution is -0.155. The van der Waals surface area contributed by atoms with E-state index in [4.69, 9.17) is 15.2 Å². The third-order valence-corrected chi connectivity index (χ3v) is 6.36. The number of carbonyl (C=O) groups excluding carboxylic acids is 3. The molecule has 1 saturated heterocycles. The molecule has 1 aliphatic carbocycles. The van der Waals surface area contributed by atoms with E-state index in [0.29, 0.717) is 24.8 Å². The van der Waals surface area contributed by atoms with Gasteiger partial charge < -0.3 is 29.7 Å². The van der Waals surface area contributed by atoms with Crippen LogP contribution < -0.4 is 24.8 Å². The number of primary amides is 1. The molecule has 2 aromatic rings. The standard InChI is InChI=1S/C25H28F2N4O6/c1-15(32)31-11-10-30(14-25(31,2)23(34)37-21-5-3-4-18(29-21)22(28)33)17-8-9-19(36-24(26)27)20(12-17)35-13-16-6-7-16/h3-5,8-9,12,16,24H,6-7,10-11,13-14H2,1-2H3,(H2,28,33). The van der Waals surface area contributed by atoms with E-state index in [9.17, 15) is 23.2 Å². The molecule has 2 amide bonds. The summed E-state index contributed by atoms with van der Waals surface area (Å²) >= 11 is 0. The molecule has 10 nitrogen and oxygen atoms in total. The molecule has 2 aliphatic rings. The van der Waals surface area contributed by atoms with E-state index in [0.717, 1.165) is 12.8 Å². The number of anilines is 1. The Morgan fingerprint density at radius 2 is 1.92 bits per heavy atom. The lowest BCUT2D eigenvalue weighted by Crippen LogP contribution is -2.67. The number of ether oxygens (including phenoxy) is 3. The summed E-state index contributed by atoms with van der Waals surface area (Å²) < 4.78 is 41.7. The molecule has 198 valence electrons. The van der Waals surface area contributed by atoms with Gasteiger partial charge in [0.15, 0.2) is 17.0 Å². The maximum atomic E-state index is 13.4. The van der Waals surface area contributed by atoms with Gasteiger partial charge in [-0.05, 0) is 43.9 Å². The van der Waals surface area contributed by atoms with Crippen molar-refractivity contribution in [2.45, 2.75) is 38.8 Å². The van der Waals surface area contributed by atoms with Crippen LogP contribution in [-0.2, 0) is 9.59 Å². The summed E-state index contributed by atoms with van der Waals surface area (Å²) in [4.78, 5) is 44.4. The number of halogens is 2. The number of amides is 2. The van der Waals surface area contributed by atoms with Crippen molar-refractivity contribution in [3.8, 4) is 17.4 Å². The number of carbonyl (C=O) groups is 3. The number of esters is 1. The fourth-order valence-electron chi connectivity index (χ4n) is 4.21. The second-order valence-corrected chi connectivity index (χ2v) is 9.24. The zero-order valence-corrected chi connectivity index (χ0v) is 20.5. The third kappa shape index (κ3) is 6.07. The Bertz CT molecular complexity index is 1190. The van der Waals surface area contributed by atoms with Crippen LogP contribution in [-0.4, -0.2) is 66.1 Å². The van der Waals surface area contributed by atoms with Crippen molar-refractivity contribution in [2.24, 2.45) is 11.7 Å². The zero-order valence-electron chi connectivity index (χ0n) is 20.5. The van der Waals surface area contributed by atoms with E-state index in [-0.39, 0.29) is 42.1 Å². The first-order chi connectivity index (χ1) is 17.6. The van der Waals surface area contributed by atoms with Gasteiger partial charge in [-0.15, -0.1) is 0 Å². The molecule has 12 heteroatoms. The molecule has 1 aromatic carbocycles. The third-order valence-electron chi connectivity index (χ3n) is 6.36. The summed E-state index contributed by atoms with van der Waals surface area (Å²) in [6.45, 7) is 0.916. The number of rotatable bonds is 9. The Morgan fingerprint density at radius 1 is 1.16 bits per heavy atom. The van der Waals surface area contributed by atoms with Crippen LogP contribution in [0, 0.1) is 5.92 Å². The average Bonchev–Trinajstić information content (AvgIpc) is 3.67. The van der Waals surface area contributed by atoms with Crippen molar-refractivity contribution in [2.75, 3.05) is 31.1 Å². The lowest BCUT2D eigenvalue weighted by atomic mass is 9.95. The average molecular weight is 519 g/mol. The summed E-state index contributed by atoms with van der Waals surface area (Å²) in [6, 6.07) is 8.84. The molecular weight excluding hydrogens is 490 g/mol. The SMILES string of the molecule is CC(=O)N1CCN(c2ccc(OC(F)F)c(OCC3CC3)c2)CC1(C)C(=O)Oc1cccc(C(N)=O)n1. The molecule has 0 bridgehead atoms. The Labute approximate surface area is 212 Å². The highest BCUT2D eigenvalue weighted by Gasteiger charge is 2.47. The molecule has 1 aromatic heterocycles. The molecule has 2 fully saturated rings. The minimum Gasteiger partial charge on any atom is -0.489 e. The predicted octanol–water partition coefficient (Wildman–Crippen LogP) is 2.60. The molecule has 0 spiro atoms. The van der Waals surface area contributed by atoms with Gasteiger partial charge in [0.2, 0.25) is 11.8 Å². The van der Waals surface area contributed by atoms with E-state index in [2.05, 4.69) is 9.72 Å². The minimum absolute atomic E-state index is 0.0397. The van der Waals surface area contributed by atoms with Crippen molar-refractivity contribution in [1.82, 2.24) is 9.88 Å². The van der Waals surface area contributed by atoms with E-state index in [1.54, 1.807) is 19.1 Å². The first-order valence-electron chi connectivity index (χ1n) is 11.8. The van der Waals surface area contributed by atoms with Crippen LogP contribution in [0.25, 0.3) is 0 Å². The Morgan fingerprint density at radius 3 is 2.57 bits per heavy atom. The van der Waals surface area contributed by atoms with Crippen molar-refractivity contribution >= 4 is 23.5 Å². The van der Waals surface area contributed by atoms with Crippen LogP contribution in [0.5, 0.6) is 17.4 Å². The molecule has 37 heavy (non-hydrogen) atoms. The van der Waals surface area contributed by atoms with Crippen LogP contribution in [0.1, 0.15) is 37.2 Å². The Kier molecular flexibility index (Phi) is 7.46. The molecule has 1 atom stereocenters. The molecule has 0 radical (unpaired) electrons. The summed E-state index contributed by atoms with van der Waals surface area (Å²) in [6.07, 6.45) is 2.05. The molecule has 2 N–H and O–H groups in total. The highest BCUT2D eigenvalue weighted by Crippen LogP contribution is 2.37. The van der Waals surface area contributed by atoms with Gasteiger partial charge in [0.05, 0.1) is 13.2 Å². The number of nitrogens with zero attached hydrogens (tertiary/aromatic N) is 3. The Hall–Kier alpha value is -3.96. The van der Waals surface area contributed by atoms with Crippen LogP contribution in [0.15, 0.2) is 36.4 Å². The molecule has 1 unspecified atom stereocenters. The first-order valence-corrected chi connectivity index (χ1v) is 11.8. The number of hydrogen-bond acceptors (Lipinski definition) is 8. The number of hydrogen-bond donors (Lipinski definition) is 1. The molecular formula is C25H28F2N4O6. The number of aromatic nitrogens is 1. The van der Waals surface area contributed by atoms with Crippen molar-refractivity contribution < 1.29 is 37.4 Å². The quantitative estimate of drug-likeness (QED) is 0.503. The smallest absolute Gasteiger partial charge is 0.387 e. The van der Waals surface area contributed by atoms with Crippen LogP contribution in [0.2, 0.25) is 0 Å². The van der Waals surface area contributed by atoms with Crippen LogP contribution >= 0.6 is 0 Å². The summed E-state index contributed by atoms with van der Waals surface area (Å²) in [5.74, 6) is -1.51. The predicted molar refractivity (Wildman–Crippen MR) is 128 cm³/mol. The topological polar surface area (TPSA) is 124 Å². The van der Waals surface area contributed by atoms with Crippen molar-refractivity contribution in [3.63, 3.8) is 0 Å². The van der Waals surface area contributed by atoms with Crippen LogP contribution in [0.4, 0.5) is 14.5 Å². The maximum absolute atomic E-state index is 13.4. The number of benzene rings is 1. The molecule has 2 heterocycles. The van der Waals surface area contributed by atoms with Gasteiger partial charge in [-0.25, -0.2) is 9.78 Å². The van der Waals surface area contributed by atoms with E-state index in [1.165, 1.54) is 36.1 Å². The highest BCUT2D eigenvalue weighted by atomic mass is 19.3. The fourth-order valence-corrected chi connectivity index (χ4v) is 4.21. The summed E-state index contributed by atoms with van der Waals surface area (Å²) in [7, 11) is 0. The van der Waals surface area contributed by atoms with Gasteiger partial charge in [-0.3, -0.25) is 9.59 Å². The normalized spacial score (nSPS) is 19.5.